The number of rotatable bonds is 8. The number of fused-ring (bicyclic) bond motifs is 1. The Hall–Kier alpha value is -1.64. The highest BCUT2D eigenvalue weighted by atomic mass is 35.5. The number of nitrogens with one attached hydrogen (secondary N) is 1. The molecule has 172 valence electrons. The van der Waals surface area contributed by atoms with E-state index in [4.69, 9.17) is 26.6 Å². The Morgan fingerprint density at radius 3 is 2.52 bits per heavy atom. The molecular formula is C23H33ClN2O4S. The lowest BCUT2D eigenvalue weighted by atomic mass is 9.76. The Bertz CT molecular complexity index is 920. The van der Waals surface area contributed by atoms with E-state index in [2.05, 4.69) is 35.6 Å². The van der Waals surface area contributed by atoms with Crippen molar-refractivity contribution < 1.29 is 17.7 Å². The molecule has 0 amide bonds. The summed E-state index contributed by atoms with van der Waals surface area (Å²) in [5.74, 6) is 1.12. The SMILES string of the molecule is CCCS(=O)(=O)O.CNCCOc1ccc2c(c1)C(Cc1ccc(Cl)cc1)C(N)CC2. The topological polar surface area (TPSA) is 102 Å². The third-order valence-corrected chi connectivity index (χ3v) is 6.41. The monoisotopic (exact) mass is 468 g/mol. The lowest BCUT2D eigenvalue weighted by molar-refractivity contribution is 0.317. The molecule has 0 aliphatic heterocycles. The molecule has 2 atom stereocenters. The molecule has 0 aromatic heterocycles. The van der Waals surface area contributed by atoms with Gasteiger partial charge in [0.2, 0.25) is 0 Å². The maximum atomic E-state index is 9.79. The van der Waals surface area contributed by atoms with Gasteiger partial charge >= 0.3 is 0 Å². The van der Waals surface area contributed by atoms with Crippen molar-refractivity contribution in [3.63, 3.8) is 0 Å². The fourth-order valence-corrected chi connectivity index (χ4v) is 4.30. The van der Waals surface area contributed by atoms with Crippen molar-refractivity contribution in [3.8, 4) is 5.75 Å². The zero-order chi connectivity index (χ0) is 22.9. The van der Waals surface area contributed by atoms with Crippen molar-refractivity contribution in [2.24, 2.45) is 5.73 Å². The minimum absolute atomic E-state index is 0.132. The maximum absolute atomic E-state index is 9.79. The summed E-state index contributed by atoms with van der Waals surface area (Å²) in [5, 5.41) is 3.87. The molecule has 0 saturated heterocycles. The molecule has 2 unspecified atom stereocenters. The van der Waals surface area contributed by atoms with Crippen LogP contribution < -0.4 is 15.8 Å². The molecule has 0 heterocycles. The Kier molecular flexibility index (Phi) is 10.3. The molecule has 4 N–H and O–H groups in total. The van der Waals surface area contributed by atoms with Gasteiger partial charge in [0.05, 0.1) is 5.75 Å². The number of hydrogen-bond acceptors (Lipinski definition) is 5. The van der Waals surface area contributed by atoms with E-state index in [1.54, 1.807) is 6.92 Å². The molecule has 31 heavy (non-hydrogen) atoms. The van der Waals surface area contributed by atoms with Crippen LogP contribution in [0.25, 0.3) is 0 Å². The van der Waals surface area contributed by atoms with Crippen LogP contribution in [0.2, 0.25) is 5.02 Å². The predicted octanol–water partition coefficient (Wildman–Crippen LogP) is 3.82. The second-order valence-electron chi connectivity index (χ2n) is 7.74. The van der Waals surface area contributed by atoms with E-state index in [0.717, 1.165) is 36.6 Å². The maximum Gasteiger partial charge on any atom is 0.264 e. The third kappa shape index (κ3) is 8.79. The molecule has 6 nitrogen and oxygen atoms in total. The van der Waals surface area contributed by atoms with Crippen LogP contribution >= 0.6 is 11.6 Å². The van der Waals surface area contributed by atoms with Gasteiger partial charge in [0.1, 0.15) is 12.4 Å². The molecule has 0 fully saturated rings. The summed E-state index contributed by atoms with van der Waals surface area (Å²) in [6.45, 7) is 3.20. The Labute approximate surface area is 190 Å². The number of aryl methyl sites for hydroxylation is 1. The smallest absolute Gasteiger partial charge is 0.264 e. The first-order valence-corrected chi connectivity index (χ1v) is 12.6. The fraction of sp³-hybridized carbons (Fsp3) is 0.478. The first kappa shape index (κ1) is 25.6. The summed E-state index contributed by atoms with van der Waals surface area (Å²) in [4.78, 5) is 0. The van der Waals surface area contributed by atoms with Crippen LogP contribution in [0, 0.1) is 0 Å². The highest BCUT2D eigenvalue weighted by molar-refractivity contribution is 7.85. The van der Waals surface area contributed by atoms with E-state index in [1.165, 1.54) is 16.7 Å². The van der Waals surface area contributed by atoms with Gasteiger partial charge in [-0.05, 0) is 73.7 Å². The third-order valence-electron chi connectivity index (χ3n) is 5.23. The molecule has 1 aliphatic rings. The normalized spacial score (nSPS) is 18.0. The largest absolute Gasteiger partial charge is 0.492 e. The van der Waals surface area contributed by atoms with E-state index in [9.17, 15) is 8.42 Å². The molecule has 8 heteroatoms. The summed E-state index contributed by atoms with van der Waals surface area (Å²) in [6, 6.07) is 14.7. The molecule has 0 bridgehead atoms. The quantitative estimate of drug-likeness (QED) is 0.402. The Morgan fingerprint density at radius 2 is 1.94 bits per heavy atom. The Balaban J connectivity index is 0.000000423. The van der Waals surface area contributed by atoms with Crippen molar-refractivity contribution in [2.75, 3.05) is 26.0 Å². The molecule has 3 rings (SSSR count). The number of nitrogens with two attached hydrogens (primary N) is 1. The van der Waals surface area contributed by atoms with Crippen LogP contribution in [0.15, 0.2) is 42.5 Å². The van der Waals surface area contributed by atoms with Gasteiger partial charge in [-0.1, -0.05) is 36.7 Å². The fourth-order valence-electron chi connectivity index (χ4n) is 3.65. The lowest BCUT2D eigenvalue weighted by Gasteiger charge is -2.32. The van der Waals surface area contributed by atoms with Crippen LogP contribution in [0.1, 0.15) is 42.4 Å². The number of halogens is 1. The molecule has 0 saturated carbocycles. The predicted molar refractivity (Wildman–Crippen MR) is 127 cm³/mol. The van der Waals surface area contributed by atoms with E-state index in [1.807, 2.05) is 19.2 Å². The zero-order valence-corrected chi connectivity index (χ0v) is 19.8. The summed E-state index contributed by atoms with van der Waals surface area (Å²) in [6.07, 6.45) is 3.49. The summed E-state index contributed by atoms with van der Waals surface area (Å²) >= 11 is 6.00. The van der Waals surface area contributed by atoms with Crippen LogP contribution in [0.5, 0.6) is 5.75 Å². The van der Waals surface area contributed by atoms with Gasteiger partial charge in [0.15, 0.2) is 0 Å². The highest BCUT2D eigenvalue weighted by Gasteiger charge is 2.27. The van der Waals surface area contributed by atoms with E-state index >= 15 is 0 Å². The van der Waals surface area contributed by atoms with Gasteiger partial charge < -0.3 is 15.8 Å². The molecule has 2 aromatic carbocycles. The number of benzene rings is 2. The minimum Gasteiger partial charge on any atom is -0.492 e. The van der Waals surface area contributed by atoms with Crippen molar-refractivity contribution in [1.29, 1.82) is 0 Å². The van der Waals surface area contributed by atoms with Gasteiger partial charge in [-0.25, -0.2) is 0 Å². The second-order valence-corrected chi connectivity index (χ2v) is 9.75. The Morgan fingerprint density at radius 1 is 1.23 bits per heavy atom. The minimum atomic E-state index is -3.67. The van der Waals surface area contributed by atoms with Crippen molar-refractivity contribution in [2.45, 2.75) is 44.6 Å². The average molecular weight is 469 g/mol. The van der Waals surface area contributed by atoms with Crippen LogP contribution in [-0.4, -0.2) is 45.0 Å². The summed E-state index contributed by atoms with van der Waals surface area (Å²) in [5.41, 5.74) is 10.5. The van der Waals surface area contributed by atoms with Crippen LogP contribution in [0.4, 0.5) is 0 Å². The van der Waals surface area contributed by atoms with Gasteiger partial charge in [-0.15, -0.1) is 0 Å². The van der Waals surface area contributed by atoms with Crippen molar-refractivity contribution in [3.05, 3.63) is 64.2 Å². The zero-order valence-electron chi connectivity index (χ0n) is 18.2. The number of likely N-dealkylation sites (N-methyl/N-ethyl adjacent to an activating group) is 1. The standard InChI is InChI=1S/C20H25ClN2O.C3H8O3S/c1-23-10-11-24-17-8-4-15-5-9-20(22)19(18(15)13-17)12-14-2-6-16(21)7-3-14;1-2-3-7(4,5)6/h2-4,6-8,13,19-20,23H,5,9-12,22H2,1H3;2-3H2,1H3,(H,4,5,6). The molecule has 2 aromatic rings. The molecule has 0 spiro atoms. The first-order valence-electron chi connectivity index (χ1n) is 10.6. The lowest BCUT2D eigenvalue weighted by Crippen LogP contribution is -2.34. The summed E-state index contributed by atoms with van der Waals surface area (Å²) in [7, 11) is -1.75. The summed E-state index contributed by atoms with van der Waals surface area (Å²) < 4.78 is 33.4. The van der Waals surface area contributed by atoms with E-state index < -0.39 is 10.1 Å². The average Bonchev–Trinajstić information content (AvgIpc) is 2.71. The molecular weight excluding hydrogens is 436 g/mol. The molecule has 0 radical (unpaired) electrons. The first-order chi connectivity index (χ1) is 14.7. The molecule has 1 aliphatic carbocycles. The van der Waals surface area contributed by atoms with Crippen LogP contribution in [0.3, 0.4) is 0 Å². The number of hydrogen-bond donors (Lipinski definition) is 3. The van der Waals surface area contributed by atoms with E-state index in [0.29, 0.717) is 18.9 Å². The number of ether oxygens (including phenoxy) is 1. The van der Waals surface area contributed by atoms with Gasteiger partial charge in [-0.3, -0.25) is 4.55 Å². The van der Waals surface area contributed by atoms with Gasteiger partial charge in [-0.2, -0.15) is 8.42 Å². The van der Waals surface area contributed by atoms with Crippen molar-refractivity contribution in [1.82, 2.24) is 5.32 Å². The highest BCUT2D eigenvalue weighted by Crippen LogP contribution is 2.36. The van der Waals surface area contributed by atoms with Crippen LogP contribution in [-0.2, 0) is 23.0 Å². The second kappa shape index (κ2) is 12.4. The van der Waals surface area contributed by atoms with Gasteiger partial charge in [0.25, 0.3) is 10.1 Å². The van der Waals surface area contributed by atoms with Crippen molar-refractivity contribution >= 4 is 21.7 Å². The van der Waals surface area contributed by atoms with E-state index in [-0.39, 0.29) is 11.8 Å². The van der Waals surface area contributed by atoms with Gasteiger partial charge in [0, 0.05) is 23.5 Å².